The lowest BCUT2D eigenvalue weighted by Gasteiger charge is -2.10. The molecule has 106 valence electrons. The first kappa shape index (κ1) is 13.6. The summed E-state index contributed by atoms with van der Waals surface area (Å²) in [6.45, 7) is 8.50. The van der Waals surface area contributed by atoms with E-state index in [1.807, 2.05) is 0 Å². The number of H-pyrrole nitrogens is 1. The van der Waals surface area contributed by atoms with Gasteiger partial charge in [0.2, 0.25) is 5.52 Å². The van der Waals surface area contributed by atoms with E-state index in [2.05, 4.69) is 80.5 Å². The Morgan fingerprint density at radius 1 is 0.810 bits per heavy atom. The first-order valence-electron chi connectivity index (χ1n) is 7.30. The third-order valence-electron chi connectivity index (χ3n) is 3.94. The summed E-state index contributed by atoms with van der Waals surface area (Å²) in [7, 11) is 0. The van der Waals surface area contributed by atoms with Crippen molar-refractivity contribution in [1.29, 1.82) is 0 Å². The third kappa shape index (κ3) is 2.75. The largest absolute Gasteiger partial charge is 0.355 e. The quantitative estimate of drug-likeness (QED) is 0.726. The number of benzene rings is 2. The standard InChI is InChI=1S/C19H20N2/c1-12-5-8-18-17(9-12)19(11-15(4)20-18)21-16-7-6-13(2)14(3)10-16/h5-11H,1-4H3,(H,20,21)/p+1. The van der Waals surface area contributed by atoms with Gasteiger partial charge in [-0.2, -0.15) is 0 Å². The van der Waals surface area contributed by atoms with Crippen LogP contribution in [0.1, 0.15) is 22.4 Å². The summed E-state index contributed by atoms with van der Waals surface area (Å²) in [5.74, 6) is 0. The third-order valence-corrected chi connectivity index (χ3v) is 3.94. The van der Waals surface area contributed by atoms with Crippen LogP contribution in [0.3, 0.4) is 0 Å². The lowest BCUT2D eigenvalue weighted by atomic mass is 10.1. The molecule has 0 radical (unpaired) electrons. The van der Waals surface area contributed by atoms with E-state index < -0.39 is 0 Å². The number of aryl methyl sites for hydroxylation is 4. The van der Waals surface area contributed by atoms with Gasteiger partial charge in [-0.15, -0.1) is 0 Å². The van der Waals surface area contributed by atoms with Gasteiger partial charge < -0.3 is 5.32 Å². The number of rotatable bonds is 2. The van der Waals surface area contributed by atoms with Crippen molar-refractivity contribution in [3.63, 3.8) is 0 Å². The van der Waals surface area contributed by atoms with Crippen molar-refractivity contribution < 1.29 is 4.98 Å². The predicted octanol–water partition coefficient (Wildman–Crippen LogP) is 4.63. The van der Waals surface area contributed by atoms with Gasteiger partial charge in [0.05, 0.1) is 11.1 Å². The number of aromatic nitrogens is 1. The maximum atomic E-state index is 3.56. The van der Waals surface area contributed by atoms with Gasteiger partial charge >= 0.3 is 0 Å². The highest BCUT2D eigenvalue weighted by Crippen LogP contribution is 2.26. The van der Waals surface area contributed by atoms with Crippen LogP contribution < -0.4 is 10.3 Å². The SMILES string of the molecule is Cc1ccc2[nH+]c(C)cc(Nc3ccc(C)c(C)c3)c2c1. The van der Waals surface area contributed by atoms with E-state index in [1.54, 1.807) is 0 Å². The Labute approximate surface area is 125 Å². The maximum Gasteiger partial charge on any atom is 0.213 e. The van der Waals surface area contributed by atoms with Gasteiger partial charge in [-0.05, 0) is 55.7 Å². The molecule has 3 aromatic rings. The van der Waals surface area contributed by atoms with Gasteiger partial charge in [-0.3, -0.25) is 0 Å². The first-order valence-corrected chi connectivity index (χ1v) is 7.30. The summed E-state index contributed by atoms with van der Waals surface area (Å²) in [6, 6.07) is 15.2. The van der Waals surface area contributed by atoms with Crippen LogP contribution in [0.2, 0.25) is 0 Å². The second-order valence-electron chi connectivity index (χ2n) is 5.84. The zero-order valence-corrected chi connectivity index (χ0v) is 13.0. The van der Waals surface area contributed by atoms with E-state index in [-0.39, 0.29) is 0 Å². The number of fused-ring (bicyclic) bond motifs is 1. The minimum absolute atomic E-state index is 1.13. The van der Waals surface area contributed by atoms with Crippen LogP contribution in [-0.2, 0) is 0 Å². The molecule has 0 fully saturated rings. The van der Waals surface area contributed by atoms with Crippen LogP contribution in [-0.4, -0.2) is 0 Å². The summed E-state index contributed by atoms with van der Waals surface area (Å²) in [5.41, 5.74) is 8.48. The molecule has 2 N–H and O–H groups in total. The molecule has 0 aliphatic heterocycles. The van der Waals surface area contributed by atoms with Gasteiger partial charge in [0.15, 0.2) is 5.69 Å². The zero-order valence-electron chi connectivity index (χ0n) is 13.0. The van der Waals surface area contributed by atoms with Crippen molar-refractivity contribution in [2.75, 3.05) is 5.32 Å². The smallest absolute Gasteiger partial charge is 0.213 e. The molecule has 0 saturated heterocycles. The van der Waals surface area contributed by atoms with E-state index in [4.69, 9.17) is 0 Å². The van der Waals surface area contributed by atoms with Gasteiger partial charge in [-0.1, -0.05) is 12.1 Å². The number of hydrogen-bond acceptors (Lipinski definition) is 1. The fourth-order valence-electron chi connectivity index (χ4n) is 2.61. The van der Waals surface area contributed by atoms with E-state index >= 15 is 0 Å². The Balaban J connectivity index is 2.10. The van der Waals surface area contributed by atoms with Crippen LogP contribution in [0.25, 0.3) is 10.9 Å². The molecule has 0 saturated carbocycles. The van der Waals surface area contributed by atoms with Crippen LogP contribution in [0, 0.1) is 27.7 Å². The monoisotopic (exact) mass is 277 g/mol. The predicted molar refractivity (Wildman–Crippen MR) is 89.2 cm³/mol. The number of aromatic amines is 1. The molecule has 2 heteroatoms. The molecule has 0 aliphatic rings. The van der Waals surface area contributed by atoms with Crippen LogP contribution in [0.4, 0.5) is 11.4 Å². The molecule has 0 unspecified atom stereocenters. The Hall–Kier alpha value is -2.35. The van der Waals surface area contributed by atoms with Crippen molar-refractivity contribution in [2.45, 2.75) is 27.7 Å². The van der Waals surface area contributed by atoms with Crippen molar-refractivity contribution in [3.05, 3.63) is 64.8 Å². The minimum atomic E-state index is 1.13. The van der Waals surface area contributed by atoms with Crippen LogP contribution in [0.5, 0.6) is 0 Å². The second kappa shape index (κ2) is 5.21. The minimum Gasteiger partial charge on any atom is -0.355 e. The zero-order chi connectivity index (χ0) is 15.0. The van der Waals surface area contributed by atoms with Crippen molar-refractivity contribution in [3.8, 4) is 0 Å². The average molecular weight is 277 g/mol. The molecule has 3 rings (SSSR count). The molecule has 0 amide bonds. The van der Waals surface area contributed by atoms with Crippen molar-refractivity contribution >= 4 is 22.3 Å². The highest BCUT2D eigenvalue weighted by Gasteiger charge is 2.10. The van der Waals surface area contributed by atoms with E-state index in [0.717, 1.165) is 22.6 Å². The Morgan fingerprint density at radius 3 is 2.38 bits per heavy atom. The van der Waals surface area contributed by atoms with E-state index in [9.17, 15) is 0 Å². The molecular formula is C19H21N2+. The molecule has 1 heterocycles. The van der Waals surface area contributed by atoms with E-state index in [0.29, 0.717) is 0 Å². The molecule has 2 aromatic carbocycles. The van der Waals surface area contributed by atoms with E-state index in [1.165, 1.54) is 22.1 Å². The molecule has 21 heavy (non-hydrogen) atoms. The molecule has 0 spiro atoms. The molecule has 0 aliphatic carbocycles. The normalized spacial score (nSPS) is 10.9. The summed E-state index contributed by atoms with van der Waals surface area (Å²) < 4.78 is 0. The summed E-state index contributed by atoms with van der Waals surface area (Å²) in [4.78, 5) is 3.42. The second-order valence-corrected chi connectivity index (χ2v) is 5.84. The number of pyridine rings is 1. The molecular weight excluding hydrogens is 256 g/mol. The Kier molecular flexibility index (Phi) is 3.38. The van der Waals surface area contributed by atoms with Gasteiger partial charge in [-0.25, -0.2) is 4.98 Å². The van der Waals surface area contributed by atoms with Gasteiger partial charge in [0.1, 0.15) is 0 Å². The molecule has 0 atom stereocenters. The van der Waals surface area contributed by atoms with Crippen molar-refractivity contribution in [1.82, 2.24) is 0 Å². The highest BCUT2D eigenvalue weighted by atomic mass is 14.9. The Bertz CT molecular complexity index is 819. The first-order chi connectivity index (χ1) is 10.0. The number of nitrogens with one attached hydrogen (secondary N) is 2. The van der Waals surface area contributed by atoms with Crippen LogP contribution in [0.15, 0.2) is 42.5 Å². The summed E-state index contributed by atoms with van der Waals surface area (Å²) in [5, 5.41) is 4.78. The summed E-state index contributed by atoms with van der Waals surface area (Å²) >= 11 is 0. The lowest BCUT2D eigenvalue weighted by molar-refractivity contribution is -0.354. The van der Waals surface area contributed by atoms with Crippen molar-refractivity contribution in [2.24, 2.45) is 0 Å². The molecule has 0 bridgehead atoms. The summed E-state index contributed by atoms with van der Waals surface area (Å²) in [6.07, 6.45) is 0. The lowest BCUT2D eigenvalue weighted by Crippen LogP contribution is -2.10. The molecule has 1 aromatic heterocycles. The van der Waals surface area contributed by atoms with Crippen LogP contribution >= 0.6 is 0 Å². The van der Waals surface area contributed by atoms with Gasteiger partial charge in [0.25, 0.3) is 0 Å². The highest BCUT2D eigenvalue weighted by molar-refractivity contribution is 5.91. The topological polar surface area (TPSA) is 26.2 Å². The Morgan fingerprint density at radius 2 is 1.62 bits per heavy atom. The maximum absolute atomic E-state index is 3.56. The number of hydrogen-bond donors (Lipinski definition) is 1. The number of anilines is 2. The molecule has 2 nitrogen and oxygen atoms in total. The van der Waals surface area contributed by atoms with Gasteiger partial charge in [0, 0.05) is 24.7 Å². The fourth-order valence-corrected chi connectivity index (χ4v) is 2.61. The average Bonchev–Trinajstić information content (AvgIpc) is 2.43. The fraction of sp³-hybridized carbons (Fsp3) is 0.211.